The fourth-order valence-corrected chi connectivity index (χ4v) is 1.38. The maximum absolute atomic E-state index is 12.8. The number of nitrogens with zero attached hydrogens (tertiary/aromatic N) is 2. The first-order valence-electron chi connectivity index (χ1n) is 4.47. The molecule has 0 N–H and O–H groups in total. The van der Waals surface area contributed by atoms with Crippen LogP contribution in [0.4, 0.5) is 4.39 Å². The lowest BCUT2D eigenvalue weighted by Gasteiger charge is -2.01. The van der Waals surface area contributed by atoms with E-state index in [4.69, 9.17) is 0 Å². The van der Waals surface area contributed by atoms with Gasteiger partial charge in [0.2, 0.25) is 0 Å². The lowest BCUT2D eigenvalue weighted by Crippen LogP contribution is -1.99. The van der Waals surface area contributed by atoms with Crippen LogP contribution in [0.5, 0.6) is 0 Å². The van der Waals surface area contributed by atoms with Crippen LogP contribution < -0.4 is 0 Å². The number of hydrogen-bond acceptors (Lipinski definition) is 1. The highest BCUT2D eigenvalue weighted by Crippen LogP contribution is 2.05. The van der Waals surface area contributed by atoms with Crippen LogP contribution in [0.3, 0.4) is 0 Å². The van der Waals surface area contributed by atoms with Crippen molar-refractivity contribution in [3.63, 3.8) is 0 Å². The van der Waals surface area contributed by atoms with Gasteiger partial charge in [-0.3, -0.25) is 4.68 Å². The molecule has 0 aliphatic heterocycles. The zero-order chi connectivity index (χ0) is 9.97. The molecule has 0 saturated carbocycles. The average Bonchev–Trinajstić information content (AvgIpc) is 2.51. The van der Waals surface area contributed by atoms with Crippen molar-refractivity contribution in [1.29, 1.82) is 0 Å². The molecule has 0 spiro atoms. The van der Waals surface area contributed by atoms with E-state index in [2.05, 4.69) is 5.10 Å². The van der Waals surface area contributed by atoms with Crippen molar-refractivity contribution in [3.05, 3.63) is 53.6 Å². The molecule has 0 radical (unpaired) electrons. The summed E-state index contributed by atoms with van der Waals surface area (Å²) >= 11 is 0. The minimum absolute atomic E-state index is 0.202. The molecule has 0 atom stereocenters. The van der Waals surface area contributed by atoms with Crippen molar-refractivity contribution in [2.75, 3.05) is 0 Å². The monoisotopic (exact) mass is 190 g/mol. The van der Waals surface area contributed by atoms with E-state index >= 15 is 0 Å². The maximum Gasteiger partial charge on any atom is 0.123 e. The SMILES string of the molecule is Cc1cnn(Cc2cccc(F)c2)c1. The van der Waals surface area contributed by atoms with Crippen LogP contribution in [-0.2, 0) is 6.54 Å². The summed E-state index contributed by atoms with van der Waals surface area (Å²) in [4.78, 5) is 0. The average molecular weight is 190 g/mol. The van der Waals surface area contributed by atoms with Gasteiger partial charge in [0.05, 0.1) is 12.7 Å². The summed E-state index contributed by atoms with van der Waals surface area (Å²) in [6.07, 6.45) is 3.73. The van der Waals surface area contributed by atoms with Crippen LogP contribution in [0.15, 0.2) is 36.7 Å². The van der Waals surface area contributed by atoms with Gasteiger partial charge in [-0.2, -0.15) is 5.10 Å². The Kier molecular flexibility index (Phi) is 2.31. The van der Waals surface area contributed by atoms with E-state index in [1.54, 1.807) is 16.9 Å². The Morgan fingerprint density at radius 3 is 2.93 bits per heavy atom. The zero-order valence-electron chi connectivity index (χ0n) is 7.94. The molecule has 0 amide bonds. The number of rotatable bonds is 2. The van der Waals surface area contributed by atoms with Gasteiger partial charge in [0.1, 0.15) is 5.82 Å². The van der Waals surface area contributed by atoms with Crippen molar-refractivity contribution in [2.45, 2.75) is 13.5 Å². The largest absolute Gasteiger partial charge is 0.268 e. The van der Waals surface area contributed by atoms with E-state index < -0.39 is 0 Å². The summed E-state index contributed by atoms with van der Waals surface area (Å²) in [6.45, 7) is 2.60. The standard InChI is InChI=1S/C11H11FN2/c1-9-6-13-14(7-9)8-10-3-2-4-11(12)5-10/h2-7H,8H2,1H3. The van der Waals surface area contributed by atoms with Crippen LogP contribution in [-0.4, -0.2) is 9.78 Å². The molecule has 0 bridgehead atoms. The Labute approximate surface area is 82.0 Å². The molecule has 0 unspecified atom stereocenters. The van der Waals surface area contributed by atoms with Gasteiger partial charge in [-0.25, -0.2) is 4.39 Å². The molecular weight excluding hydrogens is 179 g/mol. The Hall–Kier alpha value is -1.64. The van der Waals surface area contributed by atoms with Gasteiger partial charge in [0, 0.05) is 6.20 Å². The van der Waals surface area contributed by atoms with E-state index in [-0.39, 0.29) is 5.82 Å². The number of aryl methyl sites for hydroxylation is 1. The van der Waals surface area contributed by atoms with Crippen LogP contribution in [0, 0.1) is 12.7 Å². The zero-order valence-corrected chi connectivity index (χ0v) is 7.94. The van der Waals surface area contributed by atoms with Crippen LogP contribution in [0.1, 0.15) is 11.1 Å². The molecule has 2 aromatic rings. The molecule has 0 fully saturated rings. The fraction of sp³-hybridized carbons (Fsp3) is 0.182. The maximum atomic E-state index is 12.8. The highest BCUT2D eigenvalue weighted by Gasteiger charge is 1.97. The minimum atomic E-state index is -0.202. The third-order valence-electron chi connectivity index (χ3n) is 2.00. The van der Waals surface area contributed by atoms with E-state index in [9.17, 15) is 4.39 Å². The van der Waals surface area contributed by atoms with E-state index in [1.807, 2.05) is 19.2 Å². The van der Waals surface area contributed by atoms with Crippen molar-refractivity contribution >= 4 is 0 Å². The molecule has 2 nitrogen and oxygen atoms in total. The van der Waals surface area contributed by atoms with Crippen molar-refractivity contribution in [2.24, 2.45) is 0 Å². The summed E-state index contributed by atoms with van der Waals surface area (Å²) in [5, 5.41) is 4.13. The topological polar surface area (TPSA) is 17.8 Å². The summed E-state index contributed by atoms with van der Waals surface area (Å²) < 4.78 is 14.6. The molecule has 1 aromatic carbocycles. The third-order valence-corrected chi connectivity index (χ3v) is 2.00. The van der Waals surface area contributed by atoms with E-state index in [0.717, 1.165) is 11.1 Å². The predicted octanol–water partition coefficient (Wildman–Crippen LogP) is 2.38. The van der Waals surface area contributed by atoms with E-state index in [0.29, 0.717) is 6.54 Å². The first-order valence-corrected chi connectivity index (χ1v) is 4.47. The van der Waals surface area contributed by atoms with E-state index in [1.165, 1.54) is 12.1 Å². The molecule has 0 saturated heterocycles. The first kappa shape index (κ1) is 8.94. The summed E-state index contributed by atoms with van der Waals surface area (Å²) in [7, 11) is 0. The first-order chi connectivity index (χ1) is 6.74. The quantitative estimate of drug-likeness (QED) is 0.711. The lowest BCUT2D eigenvalue weighted by molar-refractivity contribution is 0.619. The lowest BCUT2D eigenvalue weighted by atomic mass is 10.2. The molecule has 72 valence electrons. The molecule has 14 heavy (non-hydrogen) atoms. The van der Waals surface area contributed by atoms with Crippen molar-refractivity contribution < 1.29 is 4.39 Å². The van der Waals surface area contributed by atoms with Crippen molar-refractivity contribution in [1.82, 2.24) is 9.78 Å². The van der Waals surface area contributed by atoms with Crippen LogP contribution in [0.2, 0.25) is 0 Å². The van der Waals surface area contributed by atoms with Gasteiger partial charge < -0.3 is 0 Å². The van der Waals surface area contributed by atoms with Crippen LogP contribution >= 0.6 is 0 Å². The number of hydrogen-bond donors (Lipinski definition) is 0. The van der Waals surface area contributed by atoms with Gasteiger partial charge in [0.25, 0.3) is 0 Å². The minimum Gasteiger partial charge on any atom is -0.268 e. The number of aromatic nitrogens is 2. The fourth-order valence-electron chi connectivity index (χ4n) is 1.38. The normalized spacial score (nSPS) is 10.4. The van der Waals surface area contributed by atoms with Crippen molar-refractivity contribution in [3.8, 4) is 0 Å². The van der Waals surface area contributed by atoms with Gasteiger partial charge in [-0.05, 0) is 30.2 Å². The van der Waals surface area contributed by atoms with Gasteiger partial charge in [0.15, 0.2) is 0 Å². The molecule has 2 rings (SSSR count). The van der Waals surface area contributed by atoms with Gasteiger partial charge in [-0.15, -0.1) is 0 Å². The second-order valence-corrected chi connectivity index (χ2v) is 3.35. The Balaban J connectivity index is 2.18. The number of benzene rings is 1. The predicted molar refractivity (Wildman–Crippen MR) is 52.5 cm³/mol. The second kappa shape index (κ2) is 3.62. The van der Waals surface area contributed by atoms with Crippen LogP contribution in [0.25, 0.3) is 0 Å². The molecular formula is C11H11FN2. The van der Waals surface area contributed by atoms with Gasteiger partial charge >= 0.3 is 0 Å². The molecule has 3 heteroatoms. The summed E-state index contributed by atoms with van der Waals surface area (Å²) in [6, 6.07) is 6.57. The third kappa shape index (κ3) is 1.99. The molecule has 0 aliphatic rings. The Morgan fingerprint density at radius 1 is 1.43 bits per heavy atom. The highest BCUT2D eigenvalue weighted by molar-refractivity contribution is 5.16. The molecule has 1 heterocycles. The second-order valence-electron chi connectivity index (χ2n) is 3.35. The smallest absolute Gasteiger partial charge is 0.123 e. The Morgan fingerprint density at radius 2 is 2.29 bits per heavy atom. The number of halogens is 1. The summed E-state index contributed by atoms with van der Waals surface area (Å²) in [5.74, 6) is -0.202. The molecule has 0 aliphatic carbocycles. The highest BCUT2D eigenvalue weighted by atomic mass is 19.1. The molecule has 1 aromatic heterocycles. The Bertz CT molecular complexity index is 434. The summed E-state index contributed by atoms with van der Waals surface area (Å²) in [5.41, 5.74) is 2.04. The van der Waals surface area contributed by atoms with Gasteiger partial charge in [-0.1, -0.05) is 12.1 Å².